The summed E-state index contributed by atoms with van der Waals surface area (Å²) in [6.45, 7) is 1.04. The van der Waals surface area contributed by atoms with Crippen molar-refractivity contribution in [3.63, 3.8) is 0 Å². The zero-order chi connectivity index (χ0) is 10.4. The van der Waals surface area contributed by atoms with Gasteiger partial charge >= 0.3 is 0 Å². The molecule has 0 radical (unpaired) electrons. The van der Waals surface area contributed by atoms with Crippen LogP contribution in [0.4, 0.5) is 5.69 Å². The first-order chi connectivity index (χ1) is 7.25. The second kappa shape index (κ2) is 3.35. The molecule has 1 N–H and O–H groups in total. The van der Waals surface area contributed by atoms with E-state index in [-0.39, 0.29) is 0 Å². The highest BCUT2D eigenvalue weighted by Crippen LogP contribution is 2.45. The molecule has 0 aromatic carbocycles. The molecule has 3 nitrogen and oxygen atoms in total. The van der Waals surface area contributed by atoms with Crippen LogP contribution in [0.5, 0.6) is 0 Å². The van der Waals surface area contributed by atoms with Gasteiger partial charge < -0.3 is 9.88 Å². The summed E-state index contributed by atoms with van der Waals surface area (Å²) >= 11 is 5.36. The number of H-pyrrole nitrogens is 1. The van der Waals surface area contributed by atoms with Crippen LogP contribution in [-0.2, 0) is 0 Å². The minimum atomic E-state index is 0.448. The molecule has 0 fully saturated rings. The molecular weight excluding hydrogens is 274 g/mol. The third-order valence-electron chi connectivity index (χ3n) is 2.79. The predicted octanol–water partition coefficient (Wildman–Crippen LogP) is 2.82. The standard InChI is InChI=1S/C10H10BrN3S/c1-14-4-6(7-3-12-5-13-7)10-8(14)2-9(11)15-10/h2-3,5-6H,4H2,1H3,(H,12,13). The maximum atomic E-state index is 4.09. The molecule has 1 aliphatic heterocycles. The van der Waals surface area contributed by atoms with Crippen molar-refractivity contribution in [2.75, 3.05) is 18.5 Å². The van der Waals surface area contributed by atoms with E-state index in [1.54, 1.807) is 6.33 Å². The number of aromatic nitrogens is 2. The summed E-state index contributed by atoms with van der Waals surface area (Å²) in [5, 5.41) is 0. The number of nitrogens with one attached hydrogen (secondary N) is 1. The summed E-state index contributed by atoms with van der Waals surface area (Å²) in [6, 6.07) is 2.19. The number of thiophene rings is 1. The van der Waals surface area contributed by atoms with Gasteiger partial charge in [-0.3, -0.25) is 0 Å². The summed E-state index contributed by atoms with van der Waals surface area (Å²) < 4.78 is 1.20. The Hall–Kier alpha value is -0.810. The number of anilines is 1. The minimum Gasteiger partial charge on any atom is -0.373 e. The molecule has 78 valence electrons. The van der Waals surface area contributed by atoms with E-state index in [4.69, 9.17) is 0 Å². The van der Waals surface area contributed by atoms with Crippen LogP contribution in [0.25, 0.3) is 0 Å². The summed E-state index contributed by atoms with van der Waals surface area (Å²) in [7, 11) is 2.13. The van der Waals surface area contributed by atoms with E-state index in [9.17, 15) is 0 Å². The Morgan fingerprint density at radius 1 is 1.67 bits per heavy atom. The van der Waals surface area contributed by atoms with Gasteiger partial charge in [-0.1, -0.05) is 0 Å². The highest BCUT2D eigenvalue weighted by molar-refractivity contribution is 9.11. The third-order valence-corrected chi connectivity index (χ3v) is 4.53. The smallest absolute Gasteiger partial charge is 0.0921 e. The van der Waals surface area contributed by atoms with E-state index in [2.05, 4.69) is 43.9 Å². The highest BCUT2D eigenvalue weighted by Gasteiger charge is 2.30. The Morgan fingerprint density at radius 3 is 3.27 bits per heavy atom. The second-order valence-corrected chi connectivity index (χ2v) is 6.20. The maximum absolute atomic E-state index is 4.09. The first-order valence-corrected chi connectivity index (χ1v) is 6.35. The van der Waals surface area contributed by atoms with Crippen molar-refractivity contribution < 1.29 is 0 Å². The van der Waals surface area contributed by atoms with Crippen molar-refractivity contribution in [3.05, 3.63) is 32.9 Å². The van der Waals surface area contributed by atoms with E-state index in [1.165, 1.54) is 20.0 Å². The average Bonchev–Trinajstić information content (AvgIpc) is 2.85. The lowest BCUT2D eigenvalue weighted by molar-refractivity contribution is 0.821. The van der Waals surface area contributed by atoms with Crippen molar-refractivity contribution in [2.24, 2.45) is 0 Å². The van der Waals surface area contributed by atoms with Crippen molar-refractivity contribution in [3.8, 4) is 0 Å². The van der Waals surface area contributed by atoms with Gasteiger partial charge in [-0.2, -0.15) is 0 Å². The van der Waals surface area contributed by atoms with Crippen LogP contribution in [-0.4, -0.2) is 23.6 Å². The zero-order valence-corrected chi connectivity index (χ0v) is 10.6. The van der Waals surface area contributed by atoms with Gasteiger partial charge in [-0.05, 0) is 22.0 Å². The normalized spacial score (nSPS) is 19.6. The number of likely N-dealkylation sites (N-methyl/N-ethyl adjacent to an activating group) is 1. The molecule has 0 amide bonds. The molecule has 0 aliphatic carbocycles. The minimum absolute atomic E-state index is 0.448. The number of imidazole rings is 1. The lowest BCUT2D eigenvalue weighted by Crippen LogP contribution is -2.16. The number of aromatic amines is 1. The number of hydrogen-bond donors (Lipinski definition) is 1. The molecule has 1 unspecified atom stereocenters. The fraction of sp³-hybridized carbons (Fsp3) is 0.300. The van der Waals surface area contributed by atoms with Gasteiger partial charge in [0.15, 0.2) is 0 Å². The SMILES string of the molecule is CN1CC(c2cnc[nH]2)c2sc(Br)cc21. The molecule has 5 heteroatoms. The lowest BCUT2D eigenvalue weighted by atomic mass is 10.1. The molecule has 0 bridgehead atoms. The Kier molecular flexibility index (Phi) is 2.10. The molecule has 3 heterocycles. The summed E-state index contributed by atoms with van der Waals surface area (Å²) in [5.41, 5.74) is 2.54. The highest BCUT2D eigenvalue weighted by atomic mass is 79.9. The second-order valence-electron chi connectivity index (χ2n) is 3.74. The average molecular weight is 284 g/mol. The lowest BCUT2D eigenvalue weighted by Gasteiger charge is -2.11. The molecule has 0 saturated carbocycles. The molecule has 0 saturated heterocycles. The first kappa shape index (κ1) is 9.42. The quantitative estimate of drug-likeness (QED) is 0.873. The summed E-state index contributed by atoms with van der Waals surface area (Å²) in [5.74, 6) is 0.448. The molecule has 3 rings (SSSR count). The van der Waals surface area contributed by atoms with Crippen LogP contribution < -0.4 is 4.90 Å². The number of nitrogens with zero attached hydrogens (tertiary/aromatic N) is 2. The van der Waals surface area contributed by atoms with Gasteiger partial charge in [-0.25, -0.2) is 4.98 Å². The molecular formula is C10H10BrN3S. The van der Waals surface area contributed by atoms with Crippen molar-refractivity contribution in [1.82, 2.24) is 9.97 Å². The molecule has 15 heavy (non-hydrogen) atoms. The van der Waals surface area contributed by atoms with Crippen LogP contribution in [0.1, 0.15) is 16.5 Å². The van der Waals surface area contributed by atoms with Crippen LogP contribution in [0, 0.1) is 0 Å². The van der Waals surface area contributed by atoms with E-state index in [0.29, 0.717) is 5.92 Å². The maximum Gasteiger partial charge on any atom is 0.0921 e. The van der Waals surface area contributed by atoms with E-state index < -0.39 is 0 Å². The molecule has 1 atom stereocenters. The summed E-state index contributed by atoms with van der Waals surface area (Å²) in [6.07, 6.45) is 3.66. The van der Waals surface area contributed by atoms with E-state index in [0.717, 1.165) is 6.54 Å². The van der Waals surface area contributed by atoms with Crippen LogP contribution in [0.2, 0.25) is 0 Å². The van der Waals surface area contributed by atoms with Crippen LogP contribution in [0.3, 0.4) is 0 Å². The number of halogens is 1. The monoisotopic (exact) mass is 283 g/mol. The topological polar surface area (TPSA) is 31.9 Å². The number of rotatable bonds is 1. The largest absolute Gasteiger partial charge is 0.373 e. The van der Waals surface area contributed by atoms with Crippen molar-refractivity contribution in [2.45, 2.75) is 5.92 Å². The zero-order valence-electron chi connectivity index (χ0n) is 8.20. The molecule has 1 aliphatic rings. The van der Waals surface area contributed by atoms with Crippen molar-refractivity contribution in [1.29, 1.82) is 0 Å². The number of hydrogen-bond acceptors (Lipinski definition) is 3. The van der Waals surface area contributed by atoms with Gasteiger partial charge in [0.25, 0.3) is 0 Å². The van der Waals surface area contributed by atoms with Gasteiger partial charge in [0.05, 0.1) is 21.7 Å². The number of fused-ring (bicyclic) bond motifs is 1. The predicted molar refractivity (Wildman–Crippen MR) is 65.7 cm³/mol. The molecule has 0 spiro atoms. The fourth-order valence-corrected chi connectivity index (χ4v) is 3.85. The first-order valence-electron chi connectivity index (χ1n) is 4.74. The van der Waals surface area contributed by atoms with Crippen LogP contribution >= 0.6 is 27.3 Å². The fourth-order valence-electron chi connectivity index (χ4n) is 2.07. The van der Waals surface area contributed by atoms with E-state index >= 15 is 0 Å². The summed E-state index contributed by atoms with van der Waals surface area (Å²) in [4.78, 5) is 11.0. The Balaban J connectivity index is 2.08. The molecule has 2 aromatic heterocycles. The van der Waals surface area contributed by atoms with Crippen LogP contribution in [0.15, 0.2) is 22.4 Å². The van der Waals surface area contributed by atoms with Crippen molar-refractivity contribution >= 4 is 33.0 Å². The Labute approximate surface area is 100 Å². The Morgan fingerprint density at radius 2 is 2.53 bits per heavy atom. The Bertz CT molecular complexity index is 477. The van der Waals surface area contributed by atoms with Gasteiger partial charge in [0.1, 0.15) is 0 Å². The van der Waals surface area contributed by atoms with Gasteiger partial charge in [0.2, 0.25) is 0 Å². The third kappa shape index (κ3) is 1.41. The van der Waals surface area contributed by atoms with Gasteiger partial charge in [0, 0.05) is 30.4 Å². The van der Waals surface area contributed by atoms with Gasteiger partial charge in [-0.15, -0.1) is 11.3 Å². The molecule has 2 aromatic rings. The van der Waals surface area contributed by atoms with E-state index in [1.807, 2.05) is 17.5 Å².